The number of benzene rings is 1. The molecule has 2 aromatic heterocycles. The Balaban J connectivity index is 1.67. The zero-order valence-corrected chi connectivity index (χ0v) is 11.3. The van der Waals surface area contributed by atoms with Crippen LogP contribution in [0.15, 0.2) is 30.6 Å². The summed E-state index contributed by atoms with van der Waals surface area (Å²) < 4.78 is 13.3. The Morgan fingerprint density at radius 3 is 2.77 bits per heavy atom. The SMILES string of the molecule is O=[N+]([O-])c1ccc(CCNc2nc(F)nc3nc[nH]c23)cc1. The lowest BCUT2D eigenvalue weighted by atomic mass is 10.1. The number of halogens is 1. The molecule has 0 aliphatic carbocycles. The number of fused-ring (bicyclic) bond motifs is 1. The maximum Gasteiger partial charge on any atom is 0.312 e. The van der Waals surface area contributed by atoms with Crippen molar-refractivity contribution in [3.05, 3.63) is 52.3 Å². The largest absolute Gasteiger partial charge is 0.368 e. The molecule has 0 atom stereocenters. The Morgan fingerprint density at radius 1 is 1.27 bits per heavy atom. The fourth-order valence-corrected chi connectivity index (χ4v) is 2.04. The fraction of sp³-hybridized carbons (Fsp3) is 0.154. The lowest BCUT2D eigenvalue weighted by Crippen LogP contribution is -2.08. The van der Waals surface area contributed by atoms with Crippen LogP contribution in [0.3, 0.4) is 0 Å². The van der Waals surface area contributed by atoms with Gasteiger partial charge in [0.2, 0.25) is 0 Å². The van der Waals surface area contributed by atoms with E-state index < -0.39 is 11.0 Å². The van der Waals surface area contributed by atoms with Crippen molar-refractivity contribution >= 4 is 22.7 Å². The normalized spacial score (nSPS) is 10.8. The van der Waals surface area contributed by atoms with Gasteiger partial charge in [-0.25, -0.2) is 4.98 Å². The molecule has 0 fully saturated rings. The van der Waals surface area contributed by atoms with E-state index in [1.807, 2.05) is 0 Å². The second kappa shape index (κ2) is 5.72. The summed E-state index contributed by atoms with van der Waals surface area (Å²) in [5, 5.41) is 13.6. The molecule has 0 unspecified atom stereocenters. The van der Waals surface area contributed by atoms with E-state index in [2.05, 4.69) is 25.3 Å². The summed E-state index contributed by atoms with van der Waals surface area (Å²) in [6.45, 7) is 0.488. The molecule has 2 heterocycles. The number of nitro benzene ring substituents is 1. The lowest BCUT2D eigenvalue weighted by molar-refractivity contribution is -0.384. The molecule has 0 aliphatic heterocycles. The maximum absolute atomic E-state index is 13.3. The van der Waals surface area contributed by atoms with Gasteiger partial charge in [-0.15, -0.1) is 0 Å². The Morgan fingerprint density at radius 2 is 2.05 bits per heavy atom. The predicted molar refractivity (Wildman–Crippen MR) is 76.9 cm³/mol. The molecule has 2 N–H and O–H groups in total. The molecular weight excluding hydrogens is 291 g/mol. The summed E-state index contributed by atoms with van der Waals surface area (Å²) >= 11 is 0. The van der Waals surface area contributed by atoms with E-state index in [1.165, 1.54) is 18.5 Å². The monoisotopic (exact) mass is 302 g/mol. The van der Waals surface area contributed by atoms with Gasteiger partial charge in [0.05, 0.1) is 11.3 Å². The number of anilines is 1. The number of imidazole rings is 1. The number of non-ortho nitro benzene ring substituents is 1. The van der Waals surface area contributed by atoms with E-state index in [1.54, 1.807) is 12.1 Å². The molecule has 3 rings (SSSR count). The molecule has 22 heavy (non-hydrogen) atoms. The highest BCUT2D eigenvalue weighted by molar-refractivity contribution is 5.81. The number of nitro groups is 1. The number of nitrogens with one attached hydrogen (secondary N) is 2. The molecule has 0 radical (unpaired) electrons. The van der Waals surface area contributed by atoms with Crippen LogP contribution < -0.4 is 5.32 Å². The molecule has 0 amide bonds. The van der Waals surface area contributed by atoms with Gasteiger partial charge in [0.15, 0.2) is 11.5 Å². The lowest BCUT2D eigenvalue weighted by Gasteiger charge is -2.06. The first-order chi connectivity index (χ1) is 10.6. The second-order valence-electron chi connectivity index (χ2n) is 4.54. The van der Waals surface area contributed by atoms with Gasteiger partial charge in [0, 0.05) is 18.7 Å². The van der Waals surface area contributed by atoms with Crippen LogP contribution in [0.5, 0.6) is 0 Å². The molecular formula is C13H11FN6O2. The topological polar surface area (TPSA) is 110 Å². The highest BCUT2D eigenvalue weighted by atomic mass is 19.1. The minimum Gasteiger partial charge on any atom is -0.368 e. The number of hydrogen-bond acceptors (Lipinski definition) is 6. The summed E-state index contributed by atoms with van der Waals surface area (Å²) in [5.41, 5.74) is 1.76. The molecule has 8 nitrogen and oxygen atoms in total. The van der Waals surface area contributed by atoms with E-state index in [0.29, 0.717) is 24.3 Å². The van der Waals surface area contributed by atoms with E-state index >= 15 is 0 Å². The first kappa shape index (κ1) is 13.9. The van der Waals surface area contributed by atoms with Gasteiger partial charge < -0.3 is 10.3 Å². The smallest absolute Gasteiger partial charge is 0.312 e. The molecule has 0 aliphatic rings. The van der Waals surface area contributed by atoms with Crippen molar-refractivity contribution in [3.8, 4) is 0 Å². The third-order valence-corrected chi connectivity index (χ3v) is 3.11. The quantitative estimate of drug-likeness (QED) is 0.424. The Hall–Kier alpha value is -3.10. The van der Waals surface area contributed by atoms with Crippen molar-refractivity contribution in [1.29, 1.82) is 0 Å². The second-order valence-corrected chi connectivity index (χ2v) is 4.54. The highest BCUT2D eigenvalue weighted by Crippen LogP contribution is 2.16. The molecule has 1 aromatic carbocycles. The first-order valence-electron chi connectivity index (χ1n) is 6.47. The van der Waals surface area contributed by atoms with Crippen LogP contribution in [0, 0.1) is 16.2 Å². The number of H-pyrrole nitrogens is 1. The van der Waals surface area contributed by atoms with E-state index in [4.69, 9.17) is 0 Å². The summed E-state index contributed by atoms with van der Waals surface area (Å²) in [7, 11) is 0. The Kier molecular flexibility index (Phi) is 3.60. The fourth-order valence-electron chi connectivity index (χ4n) is 2.04. The van der Waals surface area contributed by atoms with Gasteiger partial charge in [0.1, 0.15) is 5.52 Å². The number of aromatic amines is 1. The van der Waals surface area contributed by atoms with Gasteiger partial charge in [-0.1, -0.05) is 12.1 Å². The number of aromatic nitrogens is 4. The third-order valence-electron chi connectivity index (χ3n) is 3.11. The molecule has 0 saturated carbocycles. The van der Waals surface area contributed by atoms with Crippen LogP contribution in [-0.4, -0.2) is 31.4 Å². The number of nitrogens with zero attached hydrogens (tertiary/aromatic N) is 4. The Labute approximate surface area is 123 Å². The highest BCUT2D eigenvalue weighted by Gasteiger charge is 2.09. The maximum atomic E-state index is 13.3. The van der Waals surface area contributed by atoms with Crippen LogP contribution in [0.2, 0.25) is 0 Å². The number of rotatable bonds is 5. The zero-order chi connectivity index (χ0) is 15.5. The van der Waals surface area contributed by atoms with Crippen molar-refractivity contribution < 1.29 is 9.31 Å². The predicted octanol–water partition coefficient (Wildman–Crippen LogP) is 2.05. The van der Waals surface area contributed by atoms with Crippen molar-refractivity contribution in [2.24, 2.45) is 0 Å². The molecule has 9 heteroatoms. The molecule has 0 saturated heterocycles. The van der Waals surface area contributed by atoms with Crippen LogP contribution in [0.1, 0.15) is 5.56 Å². The van der Waals surface area contributed by atoms with Crippen LogP contribution in [0.4, 0.5) is 15.9 Å². The average molecular weight is 302 g/mol. The summed E-state index contributed by atoms with van der Waals surface area (Å²) in [6.07, 6.45) is 1.18. The van der Waals surface area contributed by atoms with Crippen molar-refractivity contribution in [1.82, 2.24) is 19.9 Å². The Bertz CT molecular complexity index is 817. The minimum atomic E-state index is -0.850. The van der Waals surface area contributed by atoms with Crippen LogP contribution in [0.25, 0.3) is 11.2 Å². The van der Waals surface area contributed by atoms with Crippen molar-refractivity contribution in [3.63, 3.8) is 0 Å². The van der Waals surface area contributed by atoms with E-state index in [-0.39, 0.29) is 11.3 Å². The summed E-state index contributed by atoms with van der Waals surface area (Å²) in [4.78, 5) is 24.1. The summed E-state index contributed by atoms with van der Waals surface area (Å²) in [6, 6.07) is 6.28. The van der Waals surface area contributed by atoms with E-state index in [9.17, 15) is 14.5 Å². The van der Waals surface area contributed by atoms with Crippen LogP contribution >= 0.6 is 0 Å². The zero-order valence-electron chi connectivity index (χ0n) is 11.3. The number of hydrogen-bond donors (Lipinski definition) is 2. The van der Waals surface area contributed by atoms with Gasteiger partial charge in [-0.2, -0.15) is 14.4 Å². The van der Waals surface area contributed by atoms with Crippen LogP contribution in [-0.2, 0) is 6.42 Å². The van der Waals surface area contributed by atoms with Gasteiger partial charge in [-0.05, 0) is 12.0 Å². The van der Waals surface area contributed by atoms with Crippen molar-refractivity contribution in [2.75, 3.05) is 11.9 Å². The standard InChI is InChI=1S/C13H11FN6O2/c14-13-18-11(10-12(19-13)17-7-16-10)15-6-5-8-1-3-9(4-2-8)20(21)22/h1-4,7H,5-6H2,(H2,15,16,17,18,19). The summed E-state index contributed by atoms with van der Waals surface area (Å²) in [5.74, 6) is 0.335. The molecule has 3 aromatic rings. The van der Waals surface area contributed by atoms with Crippen molar-refractivity contribution in [2.45, 2.75) is 6.42 Å². The average Bonchev–Trinajstić information content (AvgIpc) is 2.96. The van der Waals surface area contributed by atoms with Gasteiger partial charge in [0.25, 0.3) is 5.69 Å². The third kappa shape index (κ3) is 2.82. The van der Waals surface area contributed by atoms with Gasteiger partial charge in [-0.3, -0.25) is 10.1 Å². The van der Waals surface area contributed by atoms with Gasteiger partial charge >= 0.3 is 6.08 Å². The van der Waals surface area contributed by atoms with E-state index in [0.717, 1.165) is 5.56 Å². The first-order valence-corrected chi connectivity index (χ1v) is 6.47. The molecule has 0 bridgehead atoms. The minimum absolute atomic E-state index is 0.0498. The molecule has 112 valence electrons. The molecule has 0 spiro atoms.